The van der Waals surface area contributed by atoms with E-state index in [2.05, 4.69) is 22.7 Å². The second-order valence-corrected chi connectivity index (χ2v) is 14.8. The molecule has 14 nitrogen and oxygen atoms in total. The quantitative estimate of drug-likeness (QED) is 0.0620. The monoisotopic (exact) mass is 795 g/mol. The minimum atomic E-state index is -1.97. The molecule has 1 atom stereocenters. The highest BCUT2D eigenvalue weighted by Gasteiger charge is 2.53. The molecule has 58 heavy (non-hydrogen) atoms. The van der Waals surface area contributed by atoms with Crippen LogP contribution < -0.4 is 21.0 Å². The average molecular weight is 796 g/mol. The number of aromatic nitrogens is 2. The van der Waals surface area contributed by atoms with Crippen molar-refractivity contribution in [3.8, 4) is 5.75 Å². The zero-order chi connectivity index (χ0) is 41.7. The standard InChI is InChI=1S/C44H53N5O9/c1-5-6-7-8-9-10-11-12-13-14-15-21-28-57-41(53)31-26-27-35(56-4)34(29-31)46-39(51)36(48-42(54)44(2,3)58-43(48)55)37-45-33-25-20-19-24-32(33)40(52)49(37)47-38(50)30-22-17-16-18-23-30/h16-20,22-27,29,36H,5-15,21,28H2,1-4H3,(H,46,51)(H,47,50). The fraction of sp³-hybridized carbons (Fsp3) is 0.432. The maximum atomic E-state index is 14.6. The molecule has 3 aromatic carbocycles. The van der Waals surface area contributed by atoms with E-state index in [1.54, 1.807) is 30.3 Å². The third-order valence-electron chi connectivity index (χ3n) is 10.00. The summed E-state index contributed by atoms with van der Waals surface area (Å²) in [5.41, 5.74) is 0.460. The molecule has 4 aromatic rings. The van der Waals surface area contributed by atoms with Crippen LogP contribution in [0.5, 0.6) is 5.75 Å². The van der Waals surface area contributed by atoms with Gasteiger partial charge in [0.1, 0.15) is 5.75 Å². The molecular formula is C44H53N5O9. The van der Waals surface area contributed by atoms with Crippen molar-refractivity contribution in [2.45, 2.75) is 109 Å². The summed E-state index contributed by atoms with van der Waals surface area (Å²) in [6, 6.07) is 16.6. The number of cyclic esters (lactones) is 1. The van der Waals surface area contributed by atoms with Gasteiger partial charge in [-0.25, -0.2) is 19.5 Å². The Morgan fingerprint density at radius 3 is 2.03 bits per heavy atom. The minimum absolute atomic E-state index is 0.000376. The molecule has 308 valence electrons. The van der Waals surface area contributed by atoms with Crippen molar-refractivity contribution in [2.75, 3.05) is 24.5 Å². The first-order valence-electron chi connectivity index (χ1n) is 20.1. The van der Waals surface area contributed by atoms with E-state index in [0.717, 1.165) is 23.9 Å². The van der Waals surface area contributed by atoms with Gasteiger partial charge in [-0.05, 0) is 62.7 Å². The summed E-state index contributed by atoms with van der Waals surface area (Å²) in [4.78, 5) is 87.5. The summed E-state index contributed by atoms with van der Waals surface area (Å²) >= 11 is 0. The van der Waals surface area contributed by atoms with Crippen LogP contribution in [0, 0.1) is 0 Å². The van der Waals surface area contributed by atoms with Gasteiger partial charge in [-0.15, -0.1) is 0 Å². The van der Waals surface area contributed by atoms with Crippen molar-refractivity contribution in [2.24, 2.45) is 0 Å². The van der Waals surface area contributed by atoms with Gasteiger partial charge in [0, 0.05) is 5.56 Å². The van der Waals surface area contributed by atoms with E-state index >= 15 is 0 Å². The van der Waals surface area contributed by atoms with Crippen LogP contribution in [0.3, 0.4) is 0 Å². The Balaban J connectivity index is 1.36. The van der Waals surface area contributed by atoms with Gasteiger partial charge < -0.3 is 19.5 Å². The topological polar surface area (TPSA) is 175 Å². The molecule has 1 aromatic heterocycles. The number of hydrogen-bond acceptors (Lipinski definition) is 10. The van der Waals surface area contributed by atoms with Gasteiger partial charge in [0.15, 0.2) is 17.5 Å². The fourth-order valence-electron chi connectivity index (χ4n) is 6.78. The van der Waals surface area contributed by atoms with Gasteiger partial charge in [0.05, 0.1) is 35.9 Å². The first kappa shape index (κ1) is 43.1. The molecule has 0 saturated carbocycles. The molecule has 5 rings (SSSR count). The number of methoxy groups -OCH3 is 1. The van der Waals surface area contributed by atoms with Crippen LogP contribution in [0.2, 0.25) is 0 Å². The molecule has 0 spiro atoms. The second-order valence-electron chi connectivity index (χ2n) is 14.8. The summed E-state index contributed by atoms with van der Waals surface area (Å²) in [7, 11) is 1.36. The Hall–Kier alpha value is -6.05. The van der Waals surface area contributed by atoms with Crippen LogP contribution in [-0.4, -0.2) is 63.7 Å². The molecule has 2 heterocycles. The molecule has 1 aliphatic heterocycles. The Morgan fingerprint density at radius 1 is 0.793 bits per heavy atom. The van der Waals surface area contributed by atoms with Crippen LogP contribution in [0.25, 0.3) is 10.9 Å². The Kier molecular flexibility index (Phi) is 15.1. The third kappa shape index (κ3) is 10.7. The van der Waals surface area contributed by atoms with E-state index < -0.39 is 52.8 Å². The van der Waals surface area contributed by atoms with E-state index in [4.69, 9.17) is 14.2 Å². The molecule has 0 radical (unpaired) electrons. The number of amides is 4. The van der Waals surface area contributed by atoms with Gasteiger partial charge >= 0.3 is 12.1 Å². The predicted octanol–water partition coefficient (Wildman–Crippen LogP) is 8.08. The van der Waals surface area contributed by atoms with E-state index in [1.807, 2.05) is 0 Å². The van der Waals surface area contributed by atoms with Gasteiger partial charge in [-0.3, -0.25) is 24.6 Å². The van der Waals surface area contributed by atoms with Crippen molar-refractivity contribution < 1.29 is 38.2 Å². The van der Waals surface area contributed by atoms with Crippen LogP contribution in [0.1, 0.15) is 130 Å². The molecule has 1 aliphatic rings. The van der Waals surface area contributed by atoms with E-state index in [9.17, 15) is 28.8 Å². The van der Waals surface area contributed by atoms with Crippen molar-refractivity contribution in [3.05, 3.63) is 100 Å². The molecule has 0 bridgehead atoms. The zero-order valence-corrected chi connectivity index (χ0v) is 33.7. The summed E-state index contributed by atoms with van der Waals surface area (Å²) < 4.78 is 17.1. The molecular weight excluding hydrogens is 743 g/mol. The number of nitrogens with zero attached hydrogens (tertiary/aromatic N) is 3. The molecule has 1 fully saturated rings. The normalized spacial score (nSPS) is 13.9. The Labute approximate surface area is 338 Å². The average Bonchev–Trinajstić information content (AvgIpc) is 3.42. The number of hydrogen-bond donors (Lipinski definition) is 2. The number of carbonyl (C=O) groups excluding carboxylic acids is 5. The SMILES string of the molecule is CCCCCCCCCCCCCCOC(=O)c1ccc(OC)c(NC(=O)C(c2nc3ccccc3c(=O)n2NC(=O)c2ccccc2)N2C(=O)OC(C)(C)C2=O)c1. The highest BCUT2D eigenvalue weighted by molar-refractivity contribution is 6.09. The number of ether oxygens (including phenoxy) is 3. The van der Waals surface area contributed by atoms with Gasteiger partial charge in [-0.2, -0.15) is 4.68 Å². The fourth-order valence-corrected chi connectivity index (χ4v) is 6.78. The minimum Gasteiger partial charge on any atom is -0.495 e. The third-order valence-corrected chi connectivity index (χ3v) is 10.00. The highest BCUT2D eigenvalue weighted by atomic mass is 16.6. The van der Waals surface area contributed by atoms with E-state index in [0.29, 0.717) is 11.3 Å². The second kappa shape index (κ2) is 20.4. The van der Waals surface area contributed by atoms with Crippen molar-refractivity contribution in [3.63, 3.8) is 0 Å². The smallest absolute Gasteiger partial charge is 0.418 e. The lowest BCUT2D eigenvalue weighted by Crippen LogP contribution is -2.47. The summed E-state index contributed by atoms with van der Waals surface area (Å²) in [5.74, 6) is -3.61. The van der Waals surface area contributed by atoms with Crippen molar-refractivity contribution in [1.82, 2.24) is 14.6 Å². The Bertz CT molecular complexity index is 2150. The van der Waals surface area contributed by atoms with Gasteiger partial charge in [-0.1, -0.05) is 108 Å². The van der Waals surface area contributed by atoms with E-state index in [1.165, 1.54) is 115 Å². The maximum absolute atomic E-state index is 14.6. The number of benzene rings is 3. The van der Waals surface area contributed by atoms with Crippen LogP contribution >= 0.6 is 0 Å². The molecule has 2 N–H and O–H groups in total. The molecule has 4 amide bonds. The van der Waals surface area contributed by atoms with E-state index in [-0.39, 0.29) is 40.1 Å². The highest BCUT2D eigenvalue weighted by Crippen LogP contribution is 2.34. The first-order chi connectivity index (χ1) is 28.0. The lowest BCUT2D eigenvalue weighted by atomic mass is 10.1. The number of rotatable bonds is 21. The molecule has 0 aliphatic carbocycles. The Morgan fingerprint density at radius 2 is 1.41 bits per heavy atom. The molecule has 1 saturated heterocycles. The molecule has 14 heteroatoms. The zero-order valence-electron chi connectivity index (χ0n) is 33.7. The number of anilines is 1. The number of esters is 1. The number of nitrogens with one attached hydrogen (secondary N) is 2. The summed E-state index contributed by atoms with van der Waals surface area (Å²) in [6.07, 6.45) is 12.9. The van der Waals surface area contributed by atoms with Crippen LogP contribution in [-0.2, 0) is 19.1 Å². The van der Waals surface area contributed by atoms with Crippen molar-refractivity contribution >= 4 is 46.4 Å². The van der Waals surface area contributed by atoms with Crippen LogP contribution in [0.15, 0.2) is 77.6 Å². The van der Waals surface area contributed by atoms with Crippen molar-refractivity contribution in [1.29, 1.82) is 0 Å². The number of para-hydroxylation sites is 1. The summed E-state index contributed by atoms with van der Waals surface area (Å²) in [6.45, 7) is 5.16. The maximum Gasteiger partial charge on any atom is 0.418 e. The molecule has 1 unspecified atom stereocenters. The summed E-state index contributed by atoms with van der Waals surface area (Å²) in [5, 5.41) is 2.75. The lowest BCUT2D eigenvalue weighted by molar-refractivity contribution is -0.139. The lowest BCUT2D eigenvalue weighted by Gasteiger charge is -2.26. The number of imide groups is 1. The van der Waals surface area contributed by atoms with Gasteiger partial charge in [0.2, 0.25) is 0 Å². The largest absolute Gasteiger partial charge is 0.495 e. The van der Waals surface area contributed by atoms with Crippen LogP contribution in [0.4, 0.5) is 10.5 Å². The predicted molar refractivity (Wildman–Crippen MR) is 219 cm³/mol. The first-order valence-corrected chi connectivity index (χ1v) is 20.1. The number of fused-ring (bicyclic) bond motifs is 1. The number of unbranched alkanes of at least 4 members (excludes halogenated alkanes) is 11. The number of carbonyl (C=O) groups is 5. The van der Waals surface area contributed by atoms with Gasteiger partial charge in [0.25, 0.3) is 23.3 Å².